The fourth-order valence-corrected chi connectivity index (χ4v) is 4.30. The third kappa shape index (κ3) is 3.57. The third-order valence-electron chi connectivity index (χ3n) is 5.12. The first-order valence-electron chi connectivity index (χ1n) is 9.34. The van der Waals surface area contributed by atoms with Crippen LogP contribution in [-0.4, -0.2) is 44.7 Å². The van der Waals surface area contributed by atoms with Crippen molar-refractivity contribution in [2.24, 2.45) is 11.7 Å². The standard InChI is InChI=1S/C20H22FN5OS/c1-13-8-9-25(16(11-13)12-22)20(27)18-23-19(17-3-2-10-28-17)26(24-18)15-6-4-14(21)5-7-15/h2-7,10,13,16H,8-9,11-12,22H2,1H3. The lowest BCUT2D eigenvalue weighted by Gasteiger charge is -2.37. The minimum absolute atomic E-state index is 0.000732. The number of carbonyl (C=O) groups excluding carboxylic acids is 1. The molecule has 1 fully saturated rings. The van der Waals surface area contributed by atoms with Crippen molar-refractivity contribution in [1.29, 1.82) is 0 Å². The molecule has 1 aromatic carbocycles. The predicted octanol–water partition coefficient (Wildman–Crippen LogP) is 3.33. The molecule has 1 aliphatic heterocycles. The number of rotatable bonds is 4. The molecule has 0 bridgehead atoms. The van der Waals surface area contributed by atoms with E-state index in [4.69, 9.17) is 5.73 Å². The van der Waals surface area contributed by atoms with Gasteiger partial charge in [-0.25, -0.2) is 14.1 Å². The van der Waals surface area contributed by atoms with Crippen LogP contribution in [0.2, 0.25) is 0 Å². The topological polar surface area (TPSA) is 77.0 Å². The van der Waals surface area contributed by atoms with E-state index in [-0.39, 0.29) is 23.6 Å². The highest BCUT2D eigenvalue weighted by molar-refractivity contribution is 7.13. The molecule has 8 heteroatoms. The van der Waals surface area contributed by atoms with Gasteiger partial charge in [0, 0.05) is 19.1 Å². The van der Waals surface area contributed by atoms with Crippen LogP contribution in [0.4, 0.5) is 4.39 Å². The number of thiophene rings is 1. The van der Waals surface area contributed by atoms with Crippen LogP contribution in [0.15, 0.2) is 41.8 Å². The summed E-state index contributed by atoms with van der Waals surface area (Å²) in [6.07, 6.45) is 1.83. The monoisotopic (exact) mass is 399 g/mol. The molecule has 1 saturated heterocycles. The van der Waals surface area contributed by atoms with Gasteiger partial charge in [-0.3, -0.25) is 4.79 Å². The van der Waals surface area contributed by atoms with E-state index in [9.17, 15) is 9.18 Å². The van der Waals surface area contributed by atoms with Gasteiger partial charge in [0.15, 0.2) is 5.82 Å². The summed E-state index contributed by atoms with van der Waals surface area (Å²) in [5.74, 6) is 0.719. The maximum Gasteiger partial charge on any atom is 0.293 e. The Morgan fingerprint density at radius 2 is 2.11 bits per heavy atom. The highest BCUT2D eigenvalue weighted by Gasteiger charge is 2.32. The Morgan fingerprint density at radius 3 is 2.79 bits per heavy atom. The van der Waals surface area contributed by atoms with Crippen LogP contribution in [-0.2, 0) is 0 Å². The van der Waals surface area contributed by atoms with Crippen LogP contribution in [0.25, 0.3) is 16.4 Å². The number of likely N-dealkylation sites (tertiary alicyclic amines) is 1. The van der Waals surface area contributed by atoms with Gasteiger partial charge in [-0.05, 0) is 54.5 Å². The van der Waals surface area contributed by atoms with E-state index >= 15 is 0 Å². The van der Waals surface area contributed by atoms with Crippen molar-refractivity contribution >= 4 is 17.2 Å². The normalized spacial score (nSPS) is 19.8. The average molecular weight is 399 g/mol. The molecule has 0 saturated carbocycles. The number of nitrogens with two attached hydrogens (primary N) is 1. The van der Waals surface area contributed by atoms with E-state index in [1.807, 2.05) is 17.5 Å². The summed E-state index contributed by atoms with van der Waals surface area (Å²) in [6.45, 7) is 3.26. The quantitative estimate of drug-likeness (QED) is 0.730. The zero-order valence-corrected chi connectivity index (χ0v) is 16.4. The van der Waals surface area contributed by atoms with E-state index in [2.05, 4.69) is 17.0 Å². The lowest BCUT2D eigenvalue weighted by molar-refractivity contribution is 0.0561. The second-order valence-corrected chi connectivity index (χ2v) is 8.09. The SMILES string of the molecule is CC1CCN(C(=O)c2nc(-c3cccs3)n(-c3ccc(F)cc3)n2)C(CN)C1. The molecule has 0 radical (unpaired) electrons. The summed E-state index contributed by atoms with van der Waals surface area (Å²) < 4.78 is 15.0. The van der Waals surface area contributed by atoms with E-state index in [0.29, 0.717) is 30.5 Å². The Hall–Kier alpha value is -2.58. The maximum atomic E-state index is 13.4. The second kappa shape index (κ2) is 7.81. The number of hydrogen-bond donors (Lipinski definition) is 1. The molecule has 2 unspecified atom stereocenters. The van der Waals surface area contributed by atoms with Gasteiger partial charge in [0.1, 0.15) is 5.82 Å². The first-order valence-corrected chi connectivity index (χ1v) is 10.2. The van der Waals surface area contributed by atoms with E-state index in [0.717, 1.165) is 17.7 Å². The molecule has 3 heterocycles. The molecule has 0 aliphatic carbocycles. The number of amides is 1. The number of aromatic nitrogens is 3. The fraction of sp³-hybridized carbons (Fsp3) is 0.350. The summed E-state index contributed by atoms with van der Waals surface area (Å²) in [5.41, 5.74) is 6.57. The minimum atomic E-state index is -0.328. The lowest BCUT2D eigenvalue weighted by Crippen LogP contribution is -2.49. The van der Waals surface area contributed by atoms with E-state index in [1.54, 1.807) is 21.7 Å². The van der Waals surface area contributed by atoms with Gasteiger partial charge in [0.05, 0.1) is 10.6 Å². The van der Waals surface area contributed by atoms with Gasteiger partial charge >= 0.3 is 0 Å². The molecule has 2 atom stereocenters. The molecule has 146 valence electrons. The van der Waals surface area contributed by atoms with E-state index in [1.165, 1.54) is 23.5 Å². The number of benzene rings is 1. The average Bonchev–Trinajstić information content (AvgIpc) is 3.37. The summed E-state index contributed by atoms with van der Waals surface area (Å²) >= 11 is 1.51. The van der Waals surface area contributed by atoms with Crippen LogP contribution < -0.4 is 5.73 Å². The minimum Gasteiger partial charge on any atom is -0.332 e. The Bertz CT molecular complexity index is 954. The fourth-order valence-electron chi connectivity index (χ4n) is 3.60. The van der Waals surface area contributed by atoms with Crippen molar-refractivity contribution in [2.75, 3.05) is 13.1 Å². The van der Waals surface area contributed by atoms with E-state index < -0.39 is 0 Å². The highest BCUT2D eigenvalue weighted by Crippen LogP contribution is 2.27. The summed E-state index contributed by atoms with van der Waals surface area (Å²) in [5, 5.41) is 6.43. The molecule has 1 aliphatic rings. The van der Waals surface area contributed by atoms with Gasteiger partial charge in [-0.2, -0.15) is 0 Å². The maximum absolute atomic E-state index is 13.4. The molecule has 6 nitrogen and oxygen atoms in total. The smallest absolute Gasteiger partial charge is 0.293 e. The molecular formula is C20H22FN5OS. The largest absolute Gasteiger partial charge is 0.332 e. The van der Waals surface area contributed by atoms with Crippen LogP contribution in [0.5, 0.6) is 0 Å². The summed E-state index contributed by atoms with van der Waals surface area (Å²) in [7, 11) is 0. The van der Waals surface area contributed by atoms with Crippen LogP contribution in [0, 0.1) is 11.7 Å². The summed E-state index contributed by atoms with van der Waals surface area (Å²) in [6, 6.07) is 9.83. The summed E-state index contributed by atoms with van der Waals surface area (Å²) in [4.78, 5) is 20.4. The van der Waals surface area contributed by atoms with Crippen LogP contribution >= 0.6 is 11.3 Å². The number of piperidine rings is 1. The number of nitrogens with zero attached hydrogens (tertiary/aromatic N) is 4. The first kappa shape index (κ1) is 18.8. The van der Waals surface area contributed by atoms with Crippen LogP contribution in [0.1, 0.15) is 30.4 Å². The van der Waals surface area contributed by atoms with Gasteiger partial charge in [0.2, 0.25) is 5.82 Å². The Balaban J connectivity index is 1.73. The third-order valence-corrected chi connectivity index (χ3v) is 5.99. The molecular weight excluding hydrogens is 377 g/mol. The molecule has 4 rings (SSSR count). The molecule has 2 N–H and O–H groups in total. The Labute approximate surface area is 166 Å². The zero-order chi connectivity index (χ0) is 19.7. The van der Waals surface area contributed by atoms with Gasteiger partial charge < -0.3 is 10.6 Å². The molecule has 2 aromatic heterocycles. The lowest BCUT2D eigenvalue weighted by atomic mass is 9.92. The van der Waals surface area contributed by atoms with Crippen molar-refractivity contribution in [3.63, 3.8) is 0 Å². The Morgan fingerprint density at radius 1 is 1.32 bits per heavy atom. The van der Waals surface area contributed by atoms with Crippen molar-refractivity contribution in [1.82, 2.24) is 19.7 Å². The van der Waals surface area contributed by atoms with Crippen molar-refractivity contribution in [3.05, 3.63) is 53.4 Å². The van der Waals surface area contributed by atoms with Gasteiger partial charge in [-0.1, -0.05) is 13.0 Å². The molecule has 0 spiro atoms. The first-order chi connectivity index (χ1) is 13.6. The highest BCUT2D eigenvalue weighted by atomic mass is 32.1. The predicted molar refractivity (Wildman–Crippen MR) is 107 cm³/mol. The van der Waals surface area contributed by atoms with Crippen molar-refractivity contribution in [3.8, 4) is 16.4 Å². The molecule has 28 heavy (non-hydrogen) atoms. The Kier molecular flexibility index (Phi) is 5.23. The zero-order valence-electron chi connectivity index (χ0n) is 15.6. The van der Waals surface area contributed by atoms with Crippen molar-refractivity contribution in [2.45, 2.75) is 25.8 Å². The van der Waals surface area contributed by atoms with Crippen LogP contribution in [0.3, 0.4) is 0 Å². The van der Waals surface area contributed by atoms with Gasteiger partial charge in [-0.15, -0.1) is 16.4 Å². The number of halogens is 1. The second-order valence-electron chi connectivity index (χ2n) is 7.14. The molecule has 1 amide bonds. The number of carbonyl (C=O) groups is 1. The van der Waals surface area contributed by atoms with Gasteiger partial charge in [0.25, 0.3) is 5.91 Å². The molecule has 3 aromatic rings. The number of hydrogen-bond acceptors (Lipinski definition) is 5. The van der Waals surface area contributed by atoms with Crippen molar-refractivity contribution < 1.29 is 9.18 Å².